The number of pyridine rings is 2. The number of ether oxygens (including phenoxy) is 1. The minimum absolute atomic E-state index is 0.122. The van der Waals surface area contributed by atoms with Crippen LogP contribution in [0.2, 0.25) is 0 Å². The lowest BCUT2D eigenvalue weighted by Crippen LogP contribution is -2.33. The molecule has 5 nitrogen and oxygen atoms in total. The predicted octanol–water partition coefficient (Wildman–Crippen LogP) is 3.44. The van der Waals surface area contributed by atoms with Gasteiger partial charge >= 0.3 is 0 Å². The van der Waals surface area contributed by atoms with E-state index in [1.54, 1.807) is 12.4 Å². The van der Waals surface area contributed by atoms with Crippen LogP contribution in [-0.2, 0) is 0 Å². The highest BCUT2D eigenvalue weighted by molar-refractivity contribution is 6.06. The molecular formula is C20H21N3O2. The number of hydrogen-bond donors (Lipinski definition) is 1. The molecule has 0 saturated carbocycles. The summed E-state index contributed by atoms with van der Waals surface area (Å²) in [6.45, 7) is 6.21. The van der Waals surface area contributed by atoms with Crippen molar-refractivity contribution in [2.24, 2.45) is 0 Å². The van der Waals surface area contributed by atoms with Crippen LogP contribution in [0.3, 0.4) is 0 Å². The van der Waals surface area contributed by atoms with Gasteiger partial charge in [0.2, 0.25) is 0 Å². The molecule has 0 spiro atoms. The number of carbonyl (C=O) groups is 1. The average molecular weight is 335 g/mol. The molecule has 0 radical (unpaired) electrons. The van der Waals surface area contributed by atoms with Crippen molar-refractivity contribution in [3.8, 4) is 5.75 Å². The molecule has 2 aromatic heterocycles. The van der Waals surface area contributed by atoms with Gasteiger partial charge in [-0.1, -0.05) is 11.6 Å². The molecule has 0 aliphatic heterocycles. The Morgan fingerprint density at radius 2 is 2.08 bits per heavy atom. The Balaban J connectivity index is 1.73. The minimum Gasteiger partial charge on any atom is -0.487 e. The molecule has 128 valence electrons. The number of aryl methyl sites for hydroxylation is 2. The van der Waals surface area contributed by atoms with Crippen molar-refractivity contribution in [2.45, 2.75) is 26.9 Å². The summed E-state index contributed by atoms with van der Waals surface area (Å²) in [7, 11) is 0. The fourth-order valence-electron chi connectivity index (χ4n) is 2.68. The van der Waals surface area contributed by atoms with Crippen LogP contribution >= 0.6 is 0 Å². The van der Waals surface area contributed by atoms with Crippen LogP contribution in [0, 0.1) is 13.8 Å². The van der Waals surface area contributed by atoms with Gasteiger partial charge in [-0.25, -0.2) is 0 Å². The predicted molar refractivity (Wildman–Crippen MR) is 97.9 cm³/mol. The summed E-state index contributed by atoms with van der Waals surface area (Å²) in [6.07, 6.45) is 3.18. The van der Waals surface area contributed by atoms with Gasteiger partial charge in [0.25, 0.3) is 5.91 Å². The molecule has 5 heteroatoms. The smallest absolute Gasteiger partial charge is 0.252 e. The molecule has 0 unspecified atom stereocenters. The standard InChI is InChI=1S/C20H21N3O2/c1-13-6-7-19-17(9-13)18(10-14(2)23-19)20(24)22-11-15(3)25-16-5-4-8-21-12-16/h4-10,12,15H,11H2,1-3H3,(H,22,24)/t15-/m1/s1. The second-order valence-electron chi connectivity index (χ2n) is 6.16. The van der Waals surface area contributed by atoms with E-state index in [4.69, 9.17) is 4.74 Å². The fourth-order valence-corrected chi connectivity index (χ4v) is 2.68. The molecule has 1 amide bonds. The Morgan fingerprint density at radius 1 is 1.24 bits per heavy atom. The van der Waals surface area contributed by atoms with Gasteiger partial charge in [-0.3, -0.25) is 14.8 Å². The van der Waals surface area contributed by atoms with Gasteiger partial charge in [0.05, 0.1) is 23.8 Å². The average Bonchev–Trinajstić information content (AvgIpc) is 2.60. The van der Waals surface area contributed by atoms with Crippen LogP contribution in [0.5, 0.6) is 5.75 Å². The van der Waals surface area contributed by atoms with Crippen LogP contribution in [-0.4, -0.2) is 28.5 Å². The topological polar surface area (TPSA) is 64.1 Å². The number of benzene rings is 1. The van der Waals surface area contributed by atoms with Crippen molar-refractivity contribution in [3.05, 3.63) is 65.6 Å². The molecular weight excluding hydrogens is 314 g/mol. The monoisotopic (exact) mass is 335 g/mol. The summed E-state index contributed by atoms with van der Waals surface area (Å²) in [5.41, 5.74) is 3.39. The highest BCUT2D eigenvalue weighted by Gasteiger charge is 2.14. The number of hydrogen-bond acceptors (Lipinski definition) is 4. The second-order valence-corrected chi connectivity index (χ2v) is 6.16. The van der Waals surface area contributed by atoms with Crippen LogP contribution in [0.4, 0.5) is 0 Å². The van der Waals surface area contributed by atoms with E-state index in [2.05, 4.69) is 15.3 Å². The van der Waals surface area contributed by atoms with E-state index < -0.39 is 0 Å². The number of carbonyl (C=O) groups excluding carboxylic acids is 1. The van der Waals surface area contributed by atoms with Crippen molar-refractivity contribution >= 4 is 16.8 Å². The van der Waals surface area contributed by atoms with Crippen molar-refractivity contribution in [3.63, 3.8) is 0 Å². The Kier molecular flexibility index (Phi) is 4.93. The van der Waals surface area contributed by atoms with Gasteiger partial charge in [-0.2, -0.15) is 0 Å². The lowest BCUT2D eigenvalue weighted by Gasteiger charge is -2.16. The Labute approximate surface area is 147 Å². The Hall–Kier alpha value is -2.95. The van der Waals surface area contributed by atoms with Gasteiger partial charge in [0.15, 0.2) is 0 Å². The Bertz CT molecular complexity index is 894. The maximum absolute atomic E-state index is 12.7. The zero-order valence-electron chi connectivity index (χ0n) is 14.6. The normalized spacial score (nSPS) is 12.0. The summed E-state index contributed by atoms with van der Waals surface area (Å²) in [4.78, 5) is 21.2. The zero-order chi connectivity index (χ0) is 17.8. The molecule has 25 heavy (non-hydrogen) atoms. The van der Waals surface area contributed by atoms with Crippen LogP contribution in [0.15, 0.2) is 48.8 Å². The lowest BCUT2D eigenvalue weighted by molar-refractivity contribution is 0.0933. The van der Waals surface area contributed by atoms with E-state index in [0.29, 0.717) is 17.9 Å². The summed E-state index contributed by atoms with van der Waals surface area (Å²) < 4.78 is 5.74. The number of rotatable bonds is 5. The summed E-state index contributed by atoms with van der Waals surface area (Å²) in [6, 6.07) is 11.4. The third-order valence-corrected chi connectivity index (χ3v) is 3.86. The zero-order valence-corrected chi connectivity index (χ0v) is 14.6. The minimum atomic E-state index is -0.163. The van der Waals surface area contributed by atoms with E-state index >= 15 is 0 Å². The molecule has 0 bridgehead atoms. The molecule has 1 atom stereocenters. The number of fused-ring (bicyclic) bond motifs is 1. The Morgan fingerprint density at radius 3 is 2.84 bits per heavy atom. The molecule has 0 aliphatic rings. The van der Waals surface area contributed by atoms with E-state index in [1.807, 2.05) is 57.2 Å². The van der Waals surface area contributed by atoms with Crippen molar-refractivity contribution in [1.29, 1.82) is 0 Å². The molecule has 1 aromatic carbocycles. The van der Waals surface area contributed by atoms with Gasteiger partial charge in [0.1, 0.15) is 11.9 Å². The molecule has 0 fully saturated rings. The maximum Gasteiger partial charge on any atom is 0.252 e. The molecule has 2 heterocycles. The van der Waals surface area contributed by atoms with Crippen LogP contribution in [0.1, 0.15) is 28.5 Å². The maximum atomic E-state index is 12.7. The molecule has 1 N–H and O–H groups in total. The molecule has 0 saturated heterocycles. The first-order chi connectivity index (χ1) is 12.0. The molecule has 0 aliphatic carbocycles. The fraction of sp³-hybridized carbons (Fsp3) is 0.250. The summed E-state index contributed by atoms with van der Waals surface area (Å²) in [5, 5.41) is 3.81. The number of nitrogens with one attached hydrogen (secondary N) is 1. The quantitative estimate of drug-likeness (QED) is 0.776. The first kappa shape index (κ1) is 16.9. The lowest BCUT2D eigenvalue weighted by atomic mass is 10.0. The first-order valence-electron chi connectivity index (χ1n) is 8.26. The van der Waals surface area contributed by atoms with Crippen LogP contribution < -0.4 is 10.1 Å². The summed E-state index contributed by atoms with van der Waals surface area (Å²) in [5.74, 6) is 0.563. The summed E-state index contributed by atoms with van der Waals surface area (Å²) >= 11 is 0. The number of aromatic nitrogens is 2. The van der Waals surface area contributed by atoms with Crippen molar-refractivity contribution in [2.75, 3.05) is 6.54 Å². The van der Waals surface area contributed by atoms with Gasteiger partial charge in [0, 0.05) is 17.3 Å². The van der Waals surface area contributed by atoms with Gasteiger partial charge in [-0.05, 0) is 51.1 Å². The molecule has 3 rings (SSSR count). The second kappa shape index (κ2) is 7.30. The highest BCUT2D eigenvalue weighted by atomic mass is 16.5. The van der Waals surface area contributed by atoms with E-state index in [0.717, 1.165) is 22.2 Å². The number of amides is 1. The van der Waals surface area contributed by atoms with Crippen molar-refractivity contribution in [1.82, 2.24) is 15.3 Å². The van der Waals surface area contributed by atoms with Crippen molar-refractivity contribution < 1.29 is 9.53 Å². The largest absolute Gasteiger partial charge is 0.487 e. The van der Waals surface area contributed by atoms with Crippen LogP contribution in [0.25, 0.3) is 10.9 Å². The third kappa shape index (κ3) is 4.12. The SMILES string of the molecule is Cc1ccc2nc(C)cc(C(=O)NC[C@@H](C)Oc3cccnc3)c2c1. The first-order valence-corrected chi connectivity index (χ1v) is 8.26. The van der Waals surface area contributed by atoms with Gasteiger partial charge < -0.3 is 10.1 Å². The van der Waals surface area contributed by atoms with E-state index in [1.165, 1.54) is 0 Å². The highest BCUT2D eigenvalue weighted by Crippen LogP contribution is 2.20. The van der Waals surface area contributed by atoms with Gasteiger partial charge in [-0.15, -0.1) is 0 Å². The van der Waals surface area contributed by atoms with E-state index in [-0.39, 0.29) is 12.0 Å². The molecule has 3 aromatic rings. The third-order valence-electron chi connectivity index (χ3n) is 3.86. The number of nitrogens with zero attached hydrogens (tertiary/aromatic N) is 2. The van der Waals surface area contributed by atoms with E-state index in [9.17, 15) is 4.79 Å².